The van der Waals surface area contributed by atoms with Gasteiger partial charge in [0.15, 0.2) is 6.61 Å². The number of hydrogen-bond acceptors (Lipinski definition) is 3. The summed E-state index contributed by atoms with van der Waals surface area (Å²) in [5.41, 5.74) is 1.16. The van der Waals surface area contributed by atoms with Crippen LogP contribution in [0.25, 0.3) is 0 Å². The number of carbonyl (C=O) groups excluding carboxylic acids is 1. The van der Waals surface area contributed by atoms with Crippen molar-refractivity contribution in [3.05, 3.63) is 60.2 Å². The number of hydrogen-bond donors (Lipinski definition) is 1. The van der Waals surface area contributed by atoms with Crippen molar-refractivity contribution in [2.75, 3.05) is 13.2 Å². The summed E-state index contributed by atoms with van der Waals surface area (Å²) in [6, 6.07) is 17.3. The molecule has 0 aliphatic heterocycles. The lowest BCUT2D eigenvalue weighted by Crippen LogP contribution is -2.30. The predicted octanol–water partition coefficient (Wildman–Crippen LogP) is 3.21. The minimum Gasteiger partial charge on any atom is -0.491 e. The average molecular weight is 313 g/mol. The maximum absolute atomic E-state index is 11.7. The minimum absolute atomic E-state index is 0.0329. The van der Waals surface area contributed by atoms with Crippen molar-refractivity contribution < 1.29 is 14.3 Å². The molecule has 2 aromatic carbocycles. The molecule has 4 nitrogen and oxygen atoms in total. The molecule has 0 aromatic heterocycles. The lowest BCUT2D eigenvalue weighted by atomic mass is 10.1. The monoisotopic (exact) mass is 313 g/mol. The molecule has 0 atom stereocenters. The van der Waals surface area contributed by atoms with Gasteiger partial charge in [-0.15, -0.1) is 0 Å². The summed E-state index contributed by atoms with van der Waals surface area (Å²) in [4.78, 5) is 11.7. The summed E-state index contributed by atoms with van der Waals surface area (Å²) in [5.74, 6) is 1.45. The molecule has 0 radical (unpaired) electrons. The van der Waals surface area contributed by atoms with E-state index in [0.717, 1.165) is 17.7 Å². The molecule has 0 aliphatic rings. The first kappa shape index (κ1) is 16.9. The van der Waals surface area contributed by atoms with Gasteiger partial charge in [-0.3, -0.25) is 4.79 Å². The quantitative estimate of drug-likeness (QED) is 0.814. The van der Waals surface area contributed by atoms with Gasteiger partial charge in [-0.2, -0.15) is 0 Å². The van der Waals surface area contributed by atoms with E-state index in [1.165, 1.54) is 0 Å². The van der Waals surface area contributed by atoms with Crippen molar-refractivity contribution in [3.8, 4) is 11.5 Å². The molecule has 2 rings (SSSR count). The molecule has 0 heterocycles. The number of nitrogens with one attached hydrogen (secondary N) is 1. The number of para-hydroxylation sites is 1. The smallest absolute Gasteiger partial charge is 0.257 e. The molecule has 0 saturated carbocycles. The Morgan fingerprint density at radius 1 is 1.00 bits per heavy atom. The van der Waals surface area contributed by atoms with Crippen LogP contribution in [0.2, 0.25) is 0 Å². The molecule has 1 N–H and O–H groups in total. The first-order valence-electron chi connectivity index (χ1n) is 7.83. The molecule has 23 heavy (non-hydrogen) atoms. The zero-order valence-electron chi connectivity index (χ0n) is 13.6. The Morgan fingerprint density at radius 2 is 1.70 bits per heavy atom. The summed E-state index contributed by atoms with van der Waals surface area (Å²) in [6.07, 6.45) is 0.948. The van der Waals surface area contributed by atoms with Gasteiger partial charge in [-0.05, 0) is 50.1 Å². The van der Waals surface area contributed by atoms with Crippen molar-refractivity contribution in [1.29, 1.82) is 0 Å². The fraction of sp³-hybridized carbons (Fsp3) is 0.316. The Morgan fingerprint density at radius 3 is 2.35 bits per heavy atom. The predicted molar refractivity (Wildman–Crippen MR) is 90.9 cm³/mol. The first-order chi connectivity index (χ1) is 11.1. The second-order valence-electron chi connectivity index (χ2n) is 5.51. The molecule has 0 bridgehead atoms. The highest BCUT2D eigenvalue weighted by molar-refractivity contribution is 5.77. The van der Waals surface area contributed by atoms with Gasteiger partial charge in [0.1, 0.15) is 11.5 Å². The van der Waals surface area contributed by atoms with Gasteiger partial charge in [0.2, 0.25) is 0 Å². The second-order valence-corrected chi connectivity index (χ2v) is 5.51. The Hall–Kier alpha value is -2.49. The van der Waals surface area contributed by atoms with Crippen molar-refractivity contribution in [3.63, 3.8) is 0 Å². The van der Waals surface area contributed by atoms with Crippen LogP contribution in [0.4, 0.5) is 0 Å². The van der Waals surface area contributed by atoms with Crippen LogP contribution in [0.3, 0.4) is 0 Å². The van der Waals surface area contributed by atoms with Gasteiger partial charge in [0, 0.05) is 6.54 Å². The van der Waals surface area contributed by atoms with E-state index in [0.29, 0.717) is 12.3 Å². The highest BCUT2D eigenvalue weighted by Gasteiger charge is 2.03. The highest BCUT2D eigenvalue weighted by Crippen LogP contribution is 2.14. The first-order valence-corrected chi connectivity index (χ1v) is 7.83. The maximum Gasteiger partial charge on any atom is 0.257 e. The molecule has 0 spiro atoms. The lowest BCUT2D eigenvalue weighted by Gasteiger charge is -2.10. The zero-order chi connectivity index (χ0) is 16.5. The Labute approximate surface area is 137 Å². The third kappa shape index (κ3) is 6.43. The van der Waals surface area contributed by atoms with E-state index in [9.17, 15) is 4.79 Å². The Bertz CT molecular complexity index is 594. The van der Waals surface area contributed by atoms with E-state index in [1.54, 1.807) is 0 Å². The number of carbonyl (C=O) groups is 1. The van der Waals surface area contributed by atoms with Gasteiger partial charge in [-0.25, -0.2) is 0 Å². The van der Waals surface area contributed by atoms with Crippen LogP contribution in [0.15, 0.2) is 54.6 Å². The van der Waals surface area contributed by atoms with E-state index < -0.39 is 0 Å². The minimum atomic E-state index is -0.117. The van der Waals surface area contributed by atoms with Crippen molar-refractivity contribution in [2.45, 2.75) is 26.4 Å². The SMILES string of the molecule is CC(C)Oc1ccc(CCNC(=O)COc2ccccc2)cc1. The van der Waals surface area contributed by atoms with Gasteiger partial charge in [-0.1, -0.05) is 30.3 Å². The molecular weight excluding hydrogens is 290 g/mol. The summed E-state index contributed by atoms with van der Waals surface area (Å²) < 4.78 is 11.0. The zero-order valence-corrected chi connectivity index (χ0v) is 13.6. The fourth-order valence-corrected chi connectivity index (χ4v) is 2.07. The van der Waals surface area contributed by atoms with Crippen LogP contribution in [-0.4, -0.2) is 25.2 Å². The van der Waals surface area contributed by atoms with E-state index in [1.807, 2.05) is 68.4 Å². The van der Waals surface area contributed by atoms with Crippen LogP contribution in [-0.2, 0) is 11.2 Å². The summed E-state index contributed by atoms with van der Waals surface area (Å²) in [6.45, 7) is 4.62. The second kappa shape index (κ2) is 8.83. The number of amides is 1. The van der Waals surface area contributed by atoms with Gasteiger partial charge < -0.3 is 14.8 Å². The third-order valence-electron chi connectivity index (χ3n) is 3.14. The van der Waals surface area contributed by atoms with Crippen LogP contribution >= 0.6 is 0 Å². The maximum atomic E-state index is 11.7. The summed E-state index contributed by atoms with van der Waals surface area (Å²) in [7, 11) is 0. The Kier molecular flexibility index (Phi) is 6.48. The fourth-order valence-electron chi connectivity index (χ4n) is 2.07. The largest absolute Gasteiger partial charge is 0.491 e. The topological polar surface area (TPSA) is 47.6 Å². The average Bonchev–Trinajstić information content (AvgIpc) is 2.55. The number of rotatable bonds is 8. The molecule has 122 valence electrons. The molecule has 0 fully saturated rings. The van der Waals surface area contributed by atoms with Crippen LogP contribution < -0.4 is 14.8 Å². The van der Waals surface area contributed by atoms with Gasteiger partial charge >= 0.3 is 0 Å². The van der Waals surface area contributed by atoms with Crippen LogP contribution in [0, 0.1) is 0 Å². The van der Waals surface area contributed by atoms with Crippen molar-refractivity contribution >= 4 is 5.91 Å². The molecular formula is C19H23NO3. The van der Waals surface area contributed by atoms with Crippen LogP contribution in [0.1, 0.15) is 19.4 Å². The molecule has 2 aromatic rings. The lowest BCUT2D eigenvalue weighted by molar-refractivity contribution is -0.123. The standard InChI is InChI=1S/C19H23NO3/c1-15(2)23-18-10-8-16(9-11-18)12-13-20-19(21)14-22-17-6-4-3-5-7-17/h3-11,15H,12-14H2,1-2H3,(H,20,21). The Balaban J connectivity index is 1.67. The molecule has 0 aliphatic carbocycles. The van der Waals surface area contributed by atoms with E-state index in [-0.39, 0.29) is 18.6 Å². The van der Waals surface area contributed by atoms with Crippen molar-refractivity contribution in [1.82, 2.24) is 5.32 Å². The van der Waals surface area contributed by atoms with Gasteiger partial charge in [0.05, 0.1) is 6.10 Å². The van der Waals surface area contributed by atoms with Gasteiger partial charge in [0.25, 0.3) is 5.91 Å². The summed E-state index contributed by atoms with van der Waals surface area (Å²) in [5, 5.41) is 2.85. The van der Waals surface area contributed by atoms with E-state index in [4.69, 9.17) is 9.47 Å². The highest BCUT2D eigenvalue weighted by atomic mass is 16.5. The summed E-state index contributed by atoms with van der Waals surface area (Å²) >= 11 is 0. The molecule has 4 heteroatoms. The number of benzene rings is 2. The molecule has 0 saturated heterocycles. The third-order valence-corrected chi connectivity index (χ3v) is 3.14. The normalized spacial score (nSPS) is 10.4. The molecule has 1 amide bonds. The van der Waals surface area contributed by atoms with E-state index >= 15 is 0 Å². The molecule has 0 unspecified atom stereocenters. The number of ether oxygens (including phenoxy) is 2. The van der Waals surface area contributed by atoms with E-state index in [2.05, 4.69) is 5.32 Å². The van der Waals surface area contributed by atoms with Crippen LogP contribution in [0.5, 0.6) is 11.5 Å². The van der Waals surface area contributed by atoms with Crippen molar-refractivity contribution in [2.24, 2.45) is 0 Å².